The lowest BCUT2D eigenvalue weighted by Gasteiger charge is -2.14. The number of aromatic nitrogens is 1. The maximum atomic E-state index is 15.0. The molecule has 0 aliphatic heterocycles. The van der Waals surface area contributed by atoms with Gasteiger partial charge in [-0.25, -0.2) is 13.2 Å². The molecular formula is C22H19ClF3NO4. The Hall–Kier alpha value is -3.00. The van der Waals surface area contributed by atoms with Crippen molar-refractivity contribution in [3.05, 3.63) is 63.6 Å². The molecule has 0 saturated heterocycles. The van der Waals surface area contributed by atoms with Gasteiger partial charge in [0, 0.05) is 22.7 Å². The van der Waals surface area contributed by atoms with Gasteiger partial charge in [-0.05, 0) is 37.1 Å². The van der Waals surface area contributed by atoms with Gasteiger partial charge in [0.1, 0.15) is 5.82 Å². The zero-order valence-corrected chi connectivity index (χ0v) is 17.4. The van der Waals surface area contributed by atoms with Crippen molar-refractivity contribution in [3.63, 3.8) is 0 Å². The smallest absolute Gasteiger partial charge is 0.311 e. The van der Waals surface area contributed by atoms with Gasteiger partial charge in [0.2, 0.25) is 0 Å². The molecule has 0 spiro atoms. The summed E-state index contributed by atoms with van der Waals surface area (Å²) in [6, 6.07) is 4.06. The summed E-state index contributed by atoms with van der Waals surface area (Å²) in [5.74, 6) is -8.07. The molecule has 0 aliphatic rings. The van der Waals surface area contributed by atoms with Gasteiger partial charge in [-0.1, -0.05) is 31.4 Å². The highest BCUT2D eigenvalue weighted by molar-refractivity contribution is 6.30. The fourth-order valence-electron chi connectivity index (χ4n) is 3.76. The molecule has 1 unspecified atom stereocenters. The number of phenols is 1. The molecule has 1 aromatic heterocycles. The standard InChI is InChI=1S/C22H19ClF3NO4/c1-3-4-5-12(22(30)31)17-10(2)27(16-9-15(25)20(28)19(26)18(16)17)21(29)11-6-7-13(23)14(24)8-11/h6-9,12,28H,3-5H2,1-2H3,(H,30,31). The molecule has 2 N–H and O–H groups in total. The Morgan fingerprint density at radius 3 is 2.42 bits per heavy atom. The van der Waals surface area contributed by atoms with E-state index in [4.69, 9.17) is 11.6 Å². The minimum atomic E-state index is -1.36. The van der Waals surface area contributed by atoms with Gasteiger partial charge in [-0.2, -0.15) is 0 Å². The number of carbonyl (C=O) groups is 2. The van der Waals surface area contributed by atoms with Gasteiger partial charge in [-0.15, -0.1) is 0 Å². The van der Waals surface area contributed by atoms with Crippen LogP contribution in [-0.4, -0.2) is 26.7 Å². The highest BCUT2D eigenvalue weighted by Gasteiger charge is 2.32. The van der Waals surface area contributed by atoms with Crippen molar-refractivity contribution in [1.82, 2.24) is 4.57 Å². The summed E-state index contributed by atoms with van der Waals surface area (Å²) in [6.07, 6.45) is 1.33. The van der Waals surface area contributed by atoms with E-state index in [9.17, 15) is 33.0 Å². The summed E-state index contributed by atoms with van der Waals surface area (Å²) in [5, 5.41) is 19.0. The third-order valence-corrected chi connectivity index (χ3v) is 5.58. The van der Waals surface area contributed by atoms with Crippen LogP contribution < -0.4 is 0 Å². The first-order chi connectivity index (χ1) is 14.6. The summed E-state index contributed by atoms with van der Waals surface area (Å²) in [5.41, 5.74) is -0.388. The second-order valence-electron chi connectivity index (χ2n) is 7.22. The molecule has 1 heterocycles. The molecule has 0 bridgehead atoms. The predicted molar refractivity (Wildman–Crippen MR) is 109 cm³/mol. The average molecular weight is 454 g/mol. The highest BCUT2D eigenvalue weighted by atomic mass is 35.5. The maximum absolute atomic E-state index is 15.0. The van der Waals surface area contributed by atoms with Crippen molar-refractivity contribution >= 4 is 34.4 Å². The van der Waals surface area contributed by atoms with Gasteiger partial charge in [0.25, 0.3) is 5.91 Å². The normalized spacial score (nSPS) is 12.3. The lowest BCUT2D eigenvalue weighted by molar-refractivity contribution is -0.139. The topological polar surface area (TPSA) is 79.5 Å². The van der Waals surface area contributed by atoms with Gasteiger partial charge in [0.15, 0.2) is 17.4 Å². The van der Waals surface area contributed by atoms with Crippen LogP contribution in [0.4, 0.5) is 13.2 Å². The first kappa shape index (κ1) is 22.7. The fraction of sp³-hybridized carbons (Fsp3) is 0.273. The second kappa shape index (κ2) is 8.63. The number of carboxylic acid groups (broad SMARTS) is 1. The Labute approximate surface area is 180 Å². The van der Waals surface area contributed by atoms with E-state index in [1.54, 1.807) is 0 Å². The molecule has 1 atom stereocenters. The van der Waals surface area contributed by atoms with Crippen molar-refractivity contribution in [1.29, 1.82) is 0 Å². The Balaban J connectivity index is 2.36. The van der Waals surface area contributed by atoms with Crippen LogP contribution in [0, 0.1) is 24.4 Å². The van der Waals surface area contributed by atoms with Crippen LogP contribution in [0.15, 0.2) is 24.3 Å². The third-order valence-electron chi connectivity index (χ3n) is 5.27. The summed E-state index contributed by atoms with van der Waals surface area (Å²) in [7, 11) is 0. The predicted octanol–water partition coefficient (Wildman–Crippen LogP) is 5.77. The first-order valence-electron chi connectivity index (χ1n) is 9.54. The molecule has 2 aromatic carbocycles. The number of hydrogen-bond acceptors (Lipinski definition) is 3. The molecule has 3 aromatic rings. The molecule has 0 radical (unpaired) electrons. The van der Waals surface area contributed by atoms with Crippen LogP contribution in [0.2, 0.25) is 5.02 Å². The highest BCUT2D eigenvalue weighted by Crippen LogP contribution is 2.40. The number of aromatic hydroxyl groups is 1. The first-order valence-corrected chi connectivity index (χ1v) is 9.92. The number of benzene rings is 2. The van der Waals surface area contributed by atoms with Crippen molar-refractivity contribution in [2.45, 2.75) is 39.0 Å². The Morgan fingerprint density at radius 1 is 1.16 bits per heavy atom. The van der Waals surface area contributed by atoms with E-state index in [0.29, 0.717) is 12.8 Å². The zero-order valence-electron chi connectivity index (χ0n) is 16.7. The van der Waals surface area contributed by atoms with E-state index >= 15 is 0 Å². The summed E-state index contributed by atoms with van der Waals surface area (Å²) < 4.78 is 44.0. The summed E-state index contributed by atoms with van der Waals surface area (Å²) in [6.45, 7) is 3.26. The van der Waals surface area contributed by atoms with E-state index in [2.05, 4.69) is 0 Å². The van der Waals surface area contributed by atoms with Crippen molar-refractivity contribution < 1.29 is 33.0 Å². The Morgan fingerprint density at radius 2 is 1.84 bits per heavy atom. The van der Waals surface area contributed by atoms with Crippen LogP contribution in [0.25, 0.3) is 10.9 Å². The van der Waals surface area contributed by atoms with E-state index in [1.807, 2.05) is 6.92 Å². The molecule has 5 nitrogen and oxygen atoms in total. The van der Waals surface area contributed by atoms with Crippen LogP contribution in [0.3, 0.4) is 0 Å². The maximum Gasteiger partial charge on any atom is 0.311 e. The number of aliphatic carboxylic acids is 1. The number of halogens is 4. The number of hydrogen-bond donors (Lipinski definition) is 2. The SMILES string of the molecule is CCCCC(C(=O)O)c1c(C)n(C(=O)c2ccc(Cl)c(F)c2)c2cc(F)c(O)c(F)c12. The molecule has 0 amide bonds. The van der Waals surface area contributed by atoms with Gasteiger partial charge in [-0.3, -0.25) is 14.2 Å². The molecule has 164 valence electrons. The zero-order chi connectivity index (χ0) is 23.0. The van der Waals surface area contributed by atoms with Crippen molar-refractivity contribution in [3.8, 4) is 5.75 Å². The van der Waals surface area contributed by atoms with E-state index in [0.717, 1.165) is 16.7 Å². The van der Waals surface area contributed by atoms with E-state index < -0.39 is 41.0 Å². The van der Waals surface area contributed by atoms with Crippen LogP contribution in [-0.2, 0) is 4.79 Å². The number of rotatable bonds is 6. The van der Waals surface area contributed by atoms with Gasteiger partial charge >= 0.3 is 5.97 Å². The quantitative estimate of drug-likeness (QED) is 0.496. The minimum Gasteiger partial charge on any atom is -0.503 e. The molecule has 9 heteroatoms. The minimum absolute atomic E-state index is 0.0356. The number of phenolic OH excluding ortho intramolecular Hbond substituents is 1. The van der Waals surface area contributed by atoms with E-state index in [1.165, 1.54) is 19.1 Å². The Kier molecular flexibility index (Phi) is 6.31. The largest absolute Gasteiger partial charge is 0.503 e. The number of carbonyl (C=O) groups excluding carboxylic acids is 1. The molecular weight excluding hydrogens is 435 g/mol. The van der Waals surface area contributed by atoms with Crippen LogP contribution in [0.5, 0.6) is 5.75 Å². The summed E-state index contributed by atoms with van der Waals surface area (Å²) >= 11 is 5.66. The van der Waals surface area contributed by atoms with Gasteiger partial charge in [0.05, 0.1) is 16.5 Å². The monoisotopic (exact) mass is 453 g/mol. The average Bonchev–Trinajstić information content (AvgIpc) is 2.99. The van der Waals surface area contributed by atoms with Crippen molar-refractivity contribution in [2.75, 3.05) is 0 Å². The Bertz CT molecular complexity index is 1210. The number of carboxylic acids is 1. The lowest BCUT2D eigenvalue weighted by atomic mass is 9.91. The van der Waals surface area contributed by atoms with Crippen LogP contribution in [0.1, 0.15) is 53.7 Å². The molecule has 0 saturated carbocycles. The summed E-state index contributed by atoms with van der Waals surface area (Å²) in [4.78, 5) is 25.1. The molecule has 3 rings (SSSR count). The molecule has 0 fully saturated rings. The second-order valence-corrected chi connectivity index (χ2v) is 7.62. The number of unbranched alkanes of at least 4 members (excludes halogenated alkanes) is 1. The molecule has 31 heavy (non-hydrogen) atoms. The van der Waals surface area contributed by atoms with Gasteiger partial charge < -0.3 is 10.2 Å². The lowest BCUT2D eigenvalue weighted by Crippen LogP contribution is -2.16. The van der Waals surface area contributed by atoms with Crippen LogP contribution >= 0.6 is 11.6 Å². The number of fused-ring (bicyclic) bond motifs is 1. The fourth-order valence-corrected chi connectivity index (χ4v) is 3.87. The molecule has 0 aliphatic carbocycles. The van der Waals surface area contributed by atoms with Crippen molar-refractivity contribution in [2.24, 2.45) is 0 Å². The van der Waals surface area contributed by atoms with E-state index in [-0.39, 0.29) is 39.2 Å². The third kappa shape index (κ3) is 3.87. The number of nitrogens with zero attached hydrogens (tertiary/aromatic N) is 1.